The van der Waals surface area contributed by atoms with Gasteiger partial charge in [-0.3, -0.25) is 4.79 Å². The average Bonchev–Trinajstić information content (AvgIpc) is 2.67. The summed E-state index contributed by atoms with van der Waals surface area (Å²) >= 11 is 0. The molecule has 0 atom stereocenters. The maximum atomic E-state index is 12.9. The Kier molecular flexibility index (Phi) is 8.63. The molecule has 0 aromatic heterocycles. The fourth-order valence-electron chi connectivity index (χ4n) is 3.56. The Morgan fingerprint density at radius 3 is 1.91 bits per heavy atom. The summed E-state index contributed by atoms with van der Waals surface area (Å²) in [5.41, 5.74) is 1.62. The monoisotopic (exact) mass is 466 g/mol. The Hall–Kier alpha value is -2.75. The molecule has 0 bridgehead atoms. The smallest absolute Gasteiger partial charge is 0.185 e. The normalized spacial score (nSPS) is 12.6. The van der Waals surface area contributed by atoms with Crippen molar-refractivity contribution in [3.63, 3.8) is 0 Å². The lowest BCUT2D eigenvalue weighted by Gasteiger charge is -2.31. The van der Waals surface area contributed by atoms with Crippen molar-refractivity contribution >= 4 is 11.9 Å². The highest BCUT2D eigenvalue weighted by molar-refractivity contribution is 6.07. The van der Waals surface area contributed by atoms with Crippen molar-refractivity contribution in [2.75, 3.05) is 6.61 Å². The van der Waals surface area contributed by atoms with Gasteiger partial charge in [0, 0.05) is 17.2 Å². The molecule has 0 aliphatic heterocycles. The van der Waals surface area contributed by atoms with Gasteiger partial charge in [-0.25, -0.2) is 0 Å². The van der Waals surface area contributed by atoms with Gasteiger partial charge in [-0.1, -0.05) is 33.8 Å². The fraction of sp³-hybridized carbons (Fsp3) is 0.500. The minimum absolute atomic E-state index is 0.0673. The van der Waals surface area contributed by atoms with Crippen molar-refractivity contribution in [3.05, 3.63) is 59.2 Å². The molecule has 0 aliphatic carbocycles. The molecule has 0 saturated heterocycles. The first kappa shape index (κ1) is 27.5. The second-order valence-corrected chi connectivity index (χ2v) is 11.6. The van der Waals surface area contributed by atoms with Crippen molar-refractivity contribution < 1.29 is 19.0 Å². The van der Waals surface area contributed by atoms with Gasteiger partial charge in [0.25, 0.3) is 0 Å². The predicted molar refractivity (Wildman–Crippen MR) is 141 cm³/mol. The van der Waals surface area contributed by atoms with Gasteiger partial charge in [-0.2, -0.15) is 0 Å². The number of ether oxygens (including phenoxy) is 3. The summed E-state index contributed by atoms with van der Waals surface area (Å²) in [6.07, 6.45) is 4.43. The predicted octanol–water partition coefficient (Wildman–Crippen LogP) is 8.02. The van der Waals surface area contributed by atoms with Gasteiger partial charge in [0.15, 0.2) is 5.78 Å². The van der Waals surface area contributed by atoms with Gasteiger partial charge >= 0.3 is 0 Å². The summed E-state index contributed by atoms with van der Waals surface area (Å²) < 4.78 is 18.2. The van der Waals surface area contributed by atoms with Crippen LogP contribution >= 0.6 is 0 Å². The second-order valence-electron chi connectivity index (χ2n) is 11.6. The summed E-state index contributed by atoms with van der Waals surface area (Å²) in [7, 11) is 0. The molecule has 0 fully saturated rings. The summed E-state index contributed by atoms with van der Waals surface area (Å²) in [5.74, 6) is 2.19. The number of hydrogen-bond donors (Lipinski definition) is 0. The van der Waals surface area contributed by atoms with Crippen LogP contribution < -0.4 is 14.2 Å². The van der Waals surface area contributed by atoms with Crippen molar-refractivity contribution in [1.82, 2.24) is 0 Å². The van der Waals surface area contributed by atoms with E-state index in [-0.39, 0.29) is 22.4 Å². The van der Waals surface area contributed by atoms with Crippen LogP contribution in [0.1, 0.15) is 97.1 Å². The van der Waals surface area contributed by atoms with Crippen LogP contribution in [-0.4, -0.2) is 23.6 Å². The molecule has 0 N–H and O–H groups in total. The summed E-state index contributed by atoms with van der Waals surface area (Å²) in [5, 5.41) is 0. The minimum Gasteiger partial charge on any atom is -0.494 e. The molecule has 186 valence electrons. The van der Waals surface area contributed by atoms with E-state index in [1.165, 1.54) is 0 Å². The summed E-state index contributed by atoms with van der Waals surface area (Å²) in [6, 6.07) is 11.2. The number of ketones is 1. The molecule has 4 heteroatoms. The van der Waals surface area contributed by atoms with Crippen LogP contribution in [0.2, 0.25) is 0 Å². The van der Waals surface area contributed by atoms with E-state index in [2.05, 4.69) is 27.7 Å². The lowest BCUT2D eigenvalue weighted by atomic mass is 9.82. The molecule has 0 spiro atoms. The van der Waals surface area contributed by atoms with Crippen LogP contribution in [0.15, 0.2) is 42.5 Å². The number of carbonyl (C=O) groups excluding carboxylic acids is 1. The van der Waals surface area contributed by atoms with E-state index in [0.29, 0.717) is 17.9 Å². The second kappa shape index (κ2) is 10.7. The topological polar surface area (TPSA) is 44.8 Å². The summed E-state index contributed by atoms with van der Waals surface area (Å²) in [4.78, 5) is 12.9. The molecule has 2 rings (SSSR count). The van der Waals surface area contributed by atoms with Gasteiger partial charge in [0.2, 0.25) is 0 Å². The first-order chi connectivity index (χ1) is 15.6. The SMILES string of the molecule is CCCOc1ccc(C(=O)C=Cc2cc(OC(C)(C)C)cc(OC(C)(C)C)c2C(C)(C)C)cc1. The molecule has 0 saturated carbocycles. The van der Waals surface area contributed by atoms with E-state index < -0.39 is 0 Å². The van der Waals surface area contributed by atoms with E-state index in [4.69, 9.17) is 14.2 Å². The number of carbonyl (C=O) groups is 1. The molecule has 0 unspecified atom stereocenters. The van der Waals surface area contributed by atoms with E-state index in [1.807, 2.05) is 71.9 Å². The lowest BCUT2D eigenvalue weighted by Crippen LogP contribution is -2.27. The molecular weight excluding hydrogens is 424 g/mol. The first-order valence-electron chi connectivity index (χ1n) is 12.1. The molecule has 0 radical (unpaired) electrons. The zero-order valence-electron chi connectivity index (χ0n) is 22.7. The van der Waals surface area contributed by atoms with Crippen LogP contribution in [0.25, 0.3) is 6.08 Å². The van der Waals surface area contributed by atoms with Crippen molar-refractivity contribution in [3.8, 4) is 17.2 Å². The molecule has 4 nitrogen and oxygen atoms in total. The van der Waals surface area contributed by atoms with Gasteiger partial charge in [-0.05, 0) is 95.3 Å². The molecule has 2 aromatic carbocycles. The highest BCUT2D eigenvalue weighted by Crippen LogP contribution is 2.40. The Bertz CT molecular complexity index is 994. The molecule has 34 heavy (non-hydrogen) atoms. The quantitative estimate of drug-likeness (QED) is 0.292. The highest BCUT2D eigenvalue weighted by atomic mass is 16.5. The van der Waals surface area contributed by atoms with Gasteiger partial charge in [0.05, 0.1) is 6.61 Å². The zero-order valence-corrected chi connectivity index (χ0v) is 22.7. The number of rotatable bonds is 8. The van der Waals surface area contributed by atoms with Gasteiger partial charge < -0.3 is 14.2 Å². The average molecular weight is 467 g/mol. The third kappa shape index (κ3) is 8.55. The molecular formula is C30H42O4. The molecule has 0 amide bonds. The van der Waals surface area contributed by atoms with Crippen molar-refractivity contribution in [2.45, 2.75) is 92.3 Å². The fourth-order valence-corrected chi connectivity index (χ4v) is 3.56. The van der Waals surface area contributed by atoms with Gasteiger partial charge in [0.1, 0.15) is 28.5 Å². The highest BCUT2D eigenvalue weighted by Gasteiger charge is 2.27. The number of hydrogen-bond acceptors (Lipinski definition) is 4. The molecule has 0 aliphatic rings. The Balaban J connectivity index is 2.50. The Labute approximate surface area is 206 Å². The maximum absolute atomic E-state index is 12.9. The van der Waals surface area contributed by atoms with Crippen LogP contribution in [-0.2, 0) is 5.41 Å². The number of allylic oxidation sites excluding steroid dienone is 1. The first-order valence-corrected chi connectivity index (χ1v) is 12.1. The Morgan fingerprint density at radius 2 is 1.41 bits per heavy atom. The van der Waals surface area contributed by atoms with E-state index in [9.17, 15) is 4.79 Å². The third-order valence-electron chi connectivity index (χ3n) is 4.72. The maximum Gasteiger partial charge on any atom is 0.185 e. The van der Waals surface area contributed by atoms with Crippen molar-refractivity contribution in [1.29, 1.82) is 0 Å². The standard InChI is InChI=1S/C30H42O4/c1-11-18-32-23-15-12-21(13-16-23)25(31)17-14-22-19-24(33-29(5,6)7)20-26(34-30(8,9)10)27(22)28(2,3)4/h12-17,19-20H,11,18H2,1-10H3. The largest absolute Gasteiger partial charge is 0.494 e. The van der Waals surface area contributed by atoms with Crippen LogP contribution in [0.3, 0.4) is 0 Å². The molecule has 2 aromatic rings. The van der Waals surface area contributed by atoms with E-state index >= 15 is 0 Å². The molecule has 0 heterocycles. The van der Waals surface area contributed by atoms with Crippen molar-refractivity contribution in [2.24, 2.45) is 0 Å². The lowest BCUT2D eigenvalue weighted by molar-refractivity contribution is 0.104. The number of benzene rings is 2. The van der Waals surface area contributed by atoms with Gasteiger partial charge in [-0.15, -0.1) is 0 Å². The van der Waals surface area contributed by atoms with Crippen LogP contribution in [0.5, 0.6) is 17.2 Å². The zero-order chi connectivity index (χ0) is 25.7. The third-order valence-corrected chi connectivity index (χ3v) is 4.72. The summed E-state index contributed by atoms with van der Waals surface area (Å²) in [6.45, 7) is 21.3. The van der Waals surface area contributed by atoms with Crippen LogP contribution in [0, 0.1) is 0 Å². The van der Waals surface area contributed by atoms with E-state index in [1.54, 1.807) is 18.2 Å². The van der Waals surface area contributed by atoms with E-state index in [0.717, 1.165) is 29.0 Å². The minimum atomic E-state index is -0.376. The van der Waals surface area contributed by atoms with Crippen LogP contribution in [0.4, 0.5) is 0 Å². The Morgan fingerprint density at radius 1 is 0.824 bits per heavy atom.